The topological polar surface area (TPSA) is 90.0 Å². The Kier molecular flexibility index (Phi) is 4.24. The van der Waals surface area contributed by atoms with Crippen molar-refractivity contribution in [3.63, 3.8) is 0 Å². The van der Waals surface area contributed by atoms with Crippen LogP contribution in [0.25, 0.3) is 0 Å². The minimum Gasteiger partial charge on any atom is -0.360 e. The first-order valence-electron chi connectivity index (χ1n) is 7.39. The van der Waals surface area contributed by atoms with Gasteiger partial charge in [0.15, 0.2) is 5.82 Å². The molecule has 1 N–H and O–H groups in total. The van der Waals surface area contributed by atoms with E-state index in [1.807, 2.05) is 31.2 Å². The van der Waals surface area contributed by atoms with Crippen molar-refractivity contribution >= 4 is 11.7 Å². The van der Waals surface area contributed by atoms with Crippen LogP contribution in [0.15, 0.2) is 51.8 Å². The van der Waals surface area contributed by atoms with Crippen molar-refractivity contribution in [3.8, 4) is 0 Å². The summed E-state index contributed by atoms with van der Waals surface area (Å²) < 4.78 is 6.15. The van der Waals surface area contributed by atoms with Crippen LogP contribution in [0.4, 0.5) is 5.82 Å². The third-order valence-corrected chi connectivity index (χ3v) is 3.42. The van der Waals surface area contributed by atoms with Crippen LogP contribution in [0.2, 0.25) is 0 Å². The zero-order valence-corrected chi connectivity index (χ0v) is 13.3. The molecule has 0 unspecified atom stereocenters. The summed E-state index contributed by atoms with van der Waals surface area (Å²) in [5.41, 5.74) is 1.92. The maximum atomic E-state index is 12.2. The molecule has 122 valence electrons. The van der Waals surface area contributed by atoms with E-state index in [1.165, 1.54) is 16.8 Å². The van der Waals surface area contributed by atoms with E-state index >= 15 is 0 Å². The zero-order chi connectivity index (χ0) is 17.1. The Bertz CT molecular complexity index is 926. The number of carbonyl (C=O) groups is 1. The van der Waals surface area contributed by atoms with E-state index in [9.17, 15) is 9.59 Å². The molecule has 0 saturated carbocycles. The van der Waals surface area contributed by atoms with Gasteiger partial charge in [-0.05, 0) is 25.5 Å². The number of rotatable bonds is 4. The lowest BCUT2D eigenvalue weighted by molar-refractivity contribution is 0.101. The maximum absolute atomic E-state index is 12.2. The molecule has 0 aliphatic rings. The second-order valence-corrected chi connectivity index (χ2v) is 5.48. The molecular weight excluding hydrogens is 308 g/mol. The predicted octanol–water partition coefficient (Wildman–Crippen LogP) is 2.15. The first-order valence-corrected chi connectivity index (χ1v) is 7.39. The van der Waals surface area contributed by atoms with Crippen molar-refractivity contribution in [2.75, 3.05) is 5.32 Å². The minimum atomic E-state index is -0.457. The highest BCUT2D eigenvalue weighted by Crippen LogP contribution is 2.08. The quantitative estimate of drug-likeness (QED) is 0.794. The normalized spacial score (nSPS) is 10.6. The van der Waals surface area contributed by atoms with Crippen molar-refractivity contribution in [1.29, 1.82) is 0 Å². The van der Waals surface area contributed by atoms with Gasteiger partial charge >= 0.3 is 0 Å². The van der Waals surface area contributed by atoms with Gasteiger partial charge in [0.1, 0.15) is 11.5 Å². The third kappa shape index (κ3) is 3.57. The lowest BCUT2D eigenvalue weighted by Crippen LogP contribution is -2.26. The first-order chi connectivity index (χ1) is 11.5. The molecule has 1 aromatic carbocycles. The summed E-state index contributed by atoms with van der Waals surface area (Å²) in [4.78, 5) is 24.2. The van der Waals surface area contributed by atoms with E-state index in [1.54, 1.807) is 13.0 Å². The van der Waals surface area contributed by atoms with Crippen molar-refractivity contribution < 1.29 is 9.32 Å². The van der Waals surface area contributed by atoms with Crippen LogP contribution in [0.1, 0.15) is 27.4 Å². The van der Waals surface area contributed by atoms with Crippen LogP contribution >= 0.6 is 0 Å². The molecule has 0 aliphatic carbocycles. The number of anilines is 1. The van der Waals surface area contributed by atoms with Gasteiger partial charge in [0.05, 0.1) is 6.54 Å². The van der Waals surface area contributed by atoms with Gasteiger partial charge in [-0.3, -0.25) is 9.59 Å². The fourth-order valence-corrected chi connectivity index (χ4v) is 2.16. The first kappa shape index (κ1) is 15.7. The predicted molar refractivity (Wildman–Crippen MR) is 88.0 cm³/mol. The van der Waals surface area contributed by atoms with Crippen LogP contribution in [0, 0.1) is 13.8 Å². The van der Waals surface area contributed by atoms with E-state index in [-0.39, 0.29) is 11.3 Å². The molecular formula is C17H16N4O3. The number of aromatic nitrogens is 3. The van der Waals surface area contributed by atoms with Crippen molar-refractivity contribution in [3.05, 3.63) is 75.4 Å². The number of nitrogens with zero attached hydrogens (tertiary/aromatic N) is 3. The summed E-state index contributed by atoms with van der Waals surface area (Å²) in [7, 11) is 0. The van der Waals surface area contributed by atoms with Crippen LogP contribution in [-0.2, 0) is 6.54 Å². The number of benzene rings is 1. The lowest BCUT2D eigenvalue weighted by Gasteiger charge is -2.07. The summed E-state index contributed by atoms with van der Waals surface area (Å²) in [5.74, 6) is 0.430. The van der Waals surface area contributed by atoms with E-state index < -0.39 is 5.91 Å². The van der Waals surface area contributed by atoms with Crippen LogP contribution < -0.4 is 10.9 Å². The molecule has 3 aromatic rings. The summed E-state index contributed by atoms with van der Waals surface area (Å²) >= 11 is 0. The highest BCUT2D eigenvalue weighted by molar-refractivity contribution is 6.02. The molecule has 1 amide bonds. The molecule has 7 nitrogen and oxygen atoms in total. The molecule has 2 aromatic heterocycles. The minimum absolute atomic E-state index is 0.127. The van der Waals surface area contributed by atoms with E-state index in [0.717, 1.165) is 11.1 Å². The number of hydrogen-bond acceptors (Lipinski definition) is 5. The Labute approximate surface area is 137 Å². The average Bonchev–Trinajstić information content (AvgIpc) is 2.96. The summed E-state index contributed by atoms with van der Waals surface area (Å²) in [6.45, 7) is 4.01. The van der Waals surface area contributed by atoms with Gasteiger partial charge in [0, 0.05) is 12.1 Å². The van der Waals surface area contributed by atoms with Crippen molar-refractivity contribution in [2.45, 2.75) is 20.4 Å². The number of carbonyl (C=O) groups excluding carboxylic acids is 1. The summed E-state index contributed by atoms with van der Waals surface area (Å²) in [6.07, 6.45) is 0. The Morgan fingerprint density at radius 3 is 2.58 bits per heavy atom. The Balaban J connectivity index is 1.81. The van der Waals surface area contributed by atoms with Crippen molar-refractivity contribution in [2.24, 2.45) is 0 Å². The fourth-order valence-electron chi connectivity index (χ4n) is 2.16. The molecule has 7 heteroatoms. The molecule has 3 rings (SSSR count). The monoisotopic (exact) mass is 324 g/mol. The molecule has 2 heterocycles. The molecule has 0 bridgehead atoms. The van der Waals surface area contributed by atoms with Gasteiger partial charge < -0.3 is 9.84 Å². The second kappa shape index (κ2) is 6.49. The SMILES string of the molecule is Cc1ccc(Cn2nc(C(=O)Nc3cc(C)on3)ccc2=O)cc1. The molecule has 0 spiro atoms. The Morgan fingerprint density at radius 2 is 1.92 bits per heavy atom. The smallest absolute Gasteiger partial charge is 0.277 e. The number of aryl methyl sites for hydroxylation is 2. The van der Waals surface area contributed by atoms with E-state index in [0.29, 0.717) is 18.1 Å². The van der Waals surface area contributed by atoms with E-state index in [4.69, 9.17) is 4.52 Å². The lowest BCUT2D eigenvalue weighted by atomic mass is 10.1. The van der Waals surface area contributed by atoms with Crippen LogP contribution in [0.3, 0.4) is 0 Å². The largest absolute Gasteiger partial charge is 0.360 e. The van der Waals surface area contributed by atoms with Crippen LogP contribution in [0.5, 0.6) is 0 Å². The van der Waals surface area contributed by atoms with Gasteiger partial charge in [-0.25, -0.2) is 4.68 Å². The van der Waals surface area contributed by atoms with Gasteiger partial charge in [0.25, 0.3) is 11.5 Å². The summed E-state index contributed by atoms with van der Waals surface area (Å²) in [5, 5.41) is 10.4. The van der Waals surface area contributed by atoms with Crippen molar-refractivity contribution in [1.82, 2.24) is 14.9 Å². The van der Waals surface area contributed by atoms with Gasteiger partial charge in [-0.15, -0.1) is 0 Å². The Morgan fingerprint density at radius 1 is 1.17 bits per heavy atom. The molecule has 0 atom stereocenters. The second-order valence-electron chi connectivity index (χ2n) is 5.48. The standard InChI is InChI=1S/C17H16N4O3/c1-11-3-5-13(6-4-11)10-21-16(22)8-7-14(19-21)17(23)18-15-9-12(2)24-20-15/h3-9H,10H2,1-2H3,(H,18,20,23). The fraction of sp³-hybridized carbons (Fsp3) is 0.176. The average molecular weight is 324 g/mol. The number of amides is 1. The van der Waals surface area contributed by atoms with E-state index in [2.05, 4.69) is 15.6 Å². The highest BCUT2D eigenvalue weighted by Gasteiger charge is 2.12. The van der Waals surface area contributed by atoms with Gasteiger partial charge in [-0.1, -0.05) is 35.0 Å². The zero-order valence-electron chi connectivity index (χ0n) is 13.3. The molecule has 24 heavy (non-hydrogen) atoms. The summed E-state index contributed by atoms with van der Waals surface area (Å²) in [6, 6.07) is 12.1. The van der Waals surface area contributed by atoms with Crippen LogP contribution in [-0.4, -0.2) is 20.8 Å². The number of hydrogen-bond donors (Lipinski definition) is 1. The molecule has 0 aliphatic heterocycles. The third-order valence-electron chi connectivity index (χ3n) is 3.42. The highest BCUT2D eigenvalue weighted by atomic mass is 16.5. The molecule has 0 saturated heterocycles. The van der Waals surface area contributed by atoms with Gasteiger partial charge in [-0.2, -0.15) is 5.10 Å². The van der Waals surface area contributed by atoms with Gasteiger partial charge in [0.2, 0.25) is 0 Å². The Hall–Kier alpha value is -3.22. The maximum Gasteiger partial charge on any atom is 0.277 e. The molecule has 0 fully saturated rings. The molecule has 0 radical (unpaired) electrons. The number of nitrogens with one attached hydrogen (secondary N) is 1.